The Labute approximate surface area is 146 Å². The zero-order valence-corrected chi connectivity index (χ0v) is 14.4. The van der Waals surface area contributed by atoms with Crippen molar-refractivity contribution in [3.63, 3.8) is 0 Å². The number of rotatable bonds is 5. The van der Waals surface area contributed by atoms with Gasteiger partial charge in [0.2, 0.25) is 10.0 Å². The summed E-state index contributed by atoms with van der Waals surface area (Å²) in [5.41, 5.74) is 1.15. The molecule has 0 fully saturated rings. The van der Waals surface area contributed by atoms with Crippen molar-refractivity contribution in [2.24, 2.45) is 0 Å². The zero-order valence-electron chi connectivity index (χ0n) is 13.6. The topological polar surface area (TPSA) is 79.2 Å². The van der Waals surface area contributed by atoms with Crippen LogP contribution in [0.25, 0.3) is 10.8 Å². The molecular formula is C19H16N2O3S. The molecule has 0 heterocycles. The molecule has 0 aliphatic heterocycles. The summed E-state index contributed by atoms with van der Waals surface area (Å²) < 4.78 is 33.2. The quantitative estimate of drug-likeness (QED) is 0.765. The number of fused-ring (bicyclic) bond motifs is 1. The maximum absolute atomic E-state index is 12.8. The number of hydrogen-bond donors (Lipinski definition) is 1. The van der Waals surface area contributed by atoms with Crippen LogP contribution in [0, 0.1) is 11.3 Å². The fourth-order valence-corrected chi connectivity index (χ4v) is 3.89. The third-order valence-electron chi connectivity index (χ3n) is 3.90. The van der Waals surface area contributed by atoms with Crippen molar-refractivity contribution < 1.29 is 13.2 Å². The molecule has 5 nitrogen and oxygen atoms in total. The summed E-state index contributed by atoms with van der Waals surface area (Å²) in [5, 5.41) is 10.5. The first-order valence-corrected chi connectivity index (χ1v) is 9.08. The van der Waals surface area contributed by atoms with Crippen LogP contribution in [0.4, 0.5) is 0 Å². The summed E-state index contributed by atoms with van der Waals surface area (Å²) >= 11 is 0. The number of nitrogens with zero attached hydrogens (tertiary/aromatic N) is 1. The smallest absolute Gasteiger partial charge is 0.241 e. The second kappa shape index (κ2) is 6.93. The maximum atomic E-state index is 12.8. The molecule has 0 atom stereocenters. The molecule has 3 rings (SSSR count). The van der Waals surface area contributed by atoms with Gasteiger partial charge in [0.1, 0.15) is 5.75 Å². The molecule has 0 saturated carbocycles. The molecule has 6 heteroatoms. The van der Waals surface area contributed by atoms with Crippen molar-refractivity contribution in [2.45, 2.75) is 11.4 Å². The minimum atomic E-state index is -3.77. The van der Waals surface area contributed by atoms with Gasteiger partial charge >= 0.3 is 0 Å². The van der Waals surface area contributed by atoms with E-state index in [2.05, 4.69) is 10.8 Å². The van der Waals surface area contributed by atoms with Crippen molar-refractivity contribution in [3.05, 3.63) is 71.8 Å². The Hall–Kier alpha value is -2.88. The SMILES string of the molecule is COc1ccc(CNS(=O)(=O)c2cccc3cccc(C#N)c23)cc1. The van der Waals surface area contributed by atoms with E-state index in [1.165, 1.54) is 6.07 Å². The third-order valence-corrected chi connectivity index (χ3v) is 5.35. The molecule has 0 unspecified atom stereocenters. The second-order valence-corrected chi connectivity index (χ2v) is 7.18. The van der Waals surface area contributed by atoms with Gasteiger partial charge in [-0.1, -0.05) is 36.4 Å². The summed E-state index contributed by atoms with van der Waals surface area (Å²) in [5.74, 6) is 0.708. The van der Waals surface area contributed by atoms with Gasteiger partial charge in [0.25, 0.3) is 0 Å². The molecule has 0 radical (unpaired) electrons. The lowest BCUT2D eigenvalue weighted by Gasteiger charge is -2.11. The normalized spacial score (nSPS) is 11.2. The minimum absolute atomic E-state index is 0.107. The van der Waals surface area contributed by atoms with Gasteiger partial charge in [-0.15, -0.1) is 0 Å². The van der Waals surface area contributed by atoms with Gasteiger partial charge in [-0.25, -0.2) is 13.1 Å². The standard InChI is InChI=1S/C19H16N2O3S/c1-24-17-10-8-14(9-11-17)13-21-25(22,23)18-7-3-5-15-4-2-6-16(12-20)19(15)18/h2-11,21H,13H2,1H3. The molecule has 126 valence electrons. The predicted molar refractivity (Wildman–Crippen MR) is 95.7 cm³/mol. The molecule has 1 N–H and O–H groups in total. The Bertz CT molecular complexity index is 1050. The molecular weight excluding hydrogens is 336 g/mol. The molecule has 0 aromatic heterocycles. The van der Waals surface area contributed by atoms with E-state index in [-0.39, 0.29) is 11.4 Å². The second-order valence-electron chi connectivity index (χ2n) is 5.44. The van der Waals surface area contributed by atoms with E-state index in [1.54, 1.807) is 61.7 Å². The predicted octanol–water partition coefficient (Wildman–Crippen LogP) is 3.20. The summed E-state index contributed by atoms with van der Waals surface area (Å²) in [6.07, 6.45) is 0. The van der Waals surface area contributed by atoms with Gasteiger partial charge < -0.3 is 4.74 Å². The molecule has 0 amide bonds. The first kappa shape index (κ1) is 17.0. The van der Waals surface area contributed by atoms with E-state index in [0.29, 0.717) is 22.1 Å². The lowest BCUT2D eigenvalue weighted by Crippen LogP contribution is -2.23. The number of benzene rings is 3. The van der Waals surface area contributed by atoms with Crippen LogP contribution in [0.2, 0.25) is 0 Å². The van der Waals surface area contributed by atoms with Crippen molar-refractivity contribution in [1.82, 2.24) is 4.72 Å². The number of nitrogens with one attached hydrogen (secondary N) is 1. The van der Waals surface area contributed by atoms with Gasteiger partial charge in [0.15, 0.2) is 0 Å². The van der Waals surface area contributed by atoms with Crippen LogP contribution in [0.15, 0.2) is 65.6 Å². The van der Waals surface area contributed by atoms with Crippen molar-refractivity contribution >= 4 is 20.8 Å². The molecule has 0 aliphatic carbocycles. The van der Waals surface area contributed by atoms with E-state index in [0.717, 1.165) is 5.56 Å². The van der Waals surface area contributed by atoms with Gasteiger partial charge in [-0.3, -0.25) is 0 Å². The first-order chi connectivity index (χ1) is 12.0. The Kier molecular flexibility index (Phi) is 4.70. The van der Waals surface area contributed by atoms with Gasteiger partial charge in [-0.2, -0.15) is 5.26 Å². The average molecular weight is 352 g/mol. The molecule has 0 bridgehead atoms. The van der Waals surface area contributed by atoms with E-state index in [1.807, 2.05) is 0 Å². The first-order valence-electron chi connectivity index (χ1n) is 7.59. The van der Waals surface area contributed by atoms with E-state index >= 15 is 0 Å². The van der Waals surface area contributed by atoms with Crippen LogP contribution in [-0.4, -0.2) is 15.5 Å². The summed E-state index contributed by atoms with van der Waals surface area (Å²) in [4.78, 5) is 0.107. The molecule has 0 aliphatic rings. The van der Waals surface area contributed by atoms with Gasteiger partial charge in [0, 0.05) is 11.9 Å². The van der Waals surface area contributed by atoms with Crippen LogP contribution in [0.3, 0.4) is 0 Å². The van der Waals surface area contributed by atoms with E-state index in [4.69, 9.17) is 4.74 Å². The lowest BCUT2D eigenvalue weighted by atomic mass is 10.1. The number of methoxy groups -OCH3 is 1. The number of hydrogen-bond acceptors (Lipinski definition) is 4. The number of sulfonamides is 1. The molecule has 0 spiro atoms. The van der Waals surface area contributed by atoms with Crippen LogP contribution >= 0.6 is 0 Å². The third kappa shape index (κ3) is 3.48. The Balaban J connectivity index is 1.95. The summed E-state index contributed by atoms with van der Waals surface area (Å²) in [6.45, 7) is 0.150. The minimum Gasteiger partial charge on any atom is -0.497 e. The summed E-state index contributed by atoms with van der Waals surface area (Å²) in [7, 11) is -2.19. The van der Waals surface area contributed by atoms with E-state index in [9.17, 15) is 13.7 Å². The van der Waals surface area contributed by atoms with Gasteiger partial charge in [-0.05, 0) is 35.2 Å². The monoisotopic (exact) mass is 352 g/mol. The number of ether oxygens (including phenoxy) is 1. The maximum Gasteiger partial charge on any atom is 0.241 e. The molecule has 25 heavy (non-hydrogen) atoms. The van der Waals surface area contributed by atoms with Crippen LogP contribution in [0.5, 0.6) is 5.75 Å². The zero-order chi connectivity index (χ0) is 17.9. The Morgan fingerprint density at radius 3 is 2.36 bits per heavy atom. The Morgan fingerprint density at radius 1 is 1.04 bits per heavy atom. The van der Waals surface area contributed by atoms with Crippen molar-refractivity contribution in [2.75, 3.05) is 7.11 Å². The molecule has 3 aromatic carbocycles. The molecule has 3 aromatic rings. The van der Waals surface area contributed by atoms with Crippen LogP contribution in [-0.2, 0) is 16.6 Å². The highest BCUT2D eigenvalue weighted by Crippen LogP contribution is 2.26. The number of nitriles is 1. The highest BCUT2D eigenvalue weighted by Gasteiger charge is 2.19. The van der Waals surface area contributed by atoms with Crippen LogP contribution in [0.1, 0.15) is 11.1 Å². The Morgan fingerprint density at radius 2 is 1.72 bits per heavy atom. The van der Waals surface area contributed by atoms with Crippen LogP contribution < -0.4 is 9.46 Å². The highest BCUT2D eigenvalue weighted by atomic mass is 32.2. The van der Waals surface area contributed by atoms with Crippen molar-refractivity contribution in [3.8, 4) is 11.8 Å². The van der Waals surface area contributed by atoms with Crippen molar-refractivity contribution in [1.29, 1.82) is 5.26 Å². The fraction of sp³-hybridized carbons (Fsp3) is 0.105. The lowest BCUT2D eigenvalue weighted by molar-refractivity contribution is 0.414. The highest BCUT2D eigenvalue weighted by molar-refractivity contribution is 7.89. The van der Waals surface area contributed by atoms with E-state index < -0.39 is 10.0 Å². The average Bonchev–Trinajstić information content (AvgIpc) is 2.65. The fourth-order valence-electron chi connectivity index (χ4n) is 2.62. The molecule has 0 saturated heterocycles. The van der Waals surface area contributed by atoms with Gasteiger partial charge in [0.05, 0.1) is 23.6 Å². The summed E-state index contributed by atoms with van der Waals surface area (Å²) in [6, 6.07) is 19.3. The largest absolute Gasteiger partial charge is 0.497 e.